The fourth-order valence-corrected chi connectivity index (χ4v) is 4.86. The largest absolute Gasteiger partial charge is 0.421 e. The molecular formula is C23H26N8O. The molecule has 4 heterocycles. The highest BCUT2D eigenvalue weighted by Gasteiger charge is 2.54. The number of ether oxygens (including phenoxy) is 1. The van der Waals surface area contributed by atoms with Crippen molar-refractivity contribution in [3.05, 3.63) is 35.9 Å². The van der Waals surface area contributed by atoms with Gasteiger partial charge in [-0.15, -0.1) is 0 Å². The van der Waals surface area contributed by atoms with Gasteiger partial charge in [-0.25, -0.2) is 9.97 Å². The average molecular weight is 431 g/mol. The molecule has 1 atom stereocenters. The first-order valence-electron chi connectivity index (χ1n) is 10.9. The van der Waals surface area contributed by atoms with E-state index in [0.29, 0.717) is 11.6 Å². The van der Waals surface area contributed by atoms with Crippen molar-refractivity contribution in [1.29, 1.82) is 0 Å². The molecule has 1 spiro atoms. The fourth-order valence-electron chi connectivity index (χ4n) is 4.86. The molecule has 1 aliphatic heterocycles. The Kier molecular flexibility index (Phi) is 4.07. The lowest BCUT2D eigenvalue weighted by atomic mass is 10.0. The highest BCUT2D eigenvalue weighted by atomic mass is 16.5. The molecule has 9 heteroatoms. The minimum Gasteiger partial charge on any atom is -0.421 e. The van der Waals surface area contributed by atoms with Gasteiger partial charge in [-0.05, 0) is 44.4 Å². The maximum atomic E-state index is 6.53. The quantitative estimate of drug-likeness (QED) is 0.451. The van der Waals surface area contributed by atoms with Gasteiger partial charge in [-0.1, -0.05) is 0 Å². The molecule has 2 aliphatic rings. The van der Waals surface area contributed by atoms with Gasteiger partial charge < -0.3 is 25.7 Å². The Labute approximate surface area is 185 Å². The van der Waals surface area contributed by atoms with Gasteiger partial charge in [0.05, 0.1) is 29.0 Å². The predicted molar refractivity (Wildman–Crippen MR) is 124 cm³/mol. The molecule has 2 fully saturated rings. The van der Waals surface area contributed by atoms with E-state index in [1.54, 1.807) is 12.4 Å². The summed E-state index contributed by atoms with van der Waals surface area (Å²) in [6.07, 6.45) is 5.63. The van der Waals surface area contributed by atoms with Crippen LogP contribution in [0.1, 0.15) is 24.2 Å². The van der Waals surface area contributed by atoms with E-state index in [1.165, 1.54) is 18.4 Å². The van der Waals surface area contributed by atoms with Crippen molar-refractivity contribution in [2.24, 2.45) is 11.1 Å². The summed E-state index contributed by atoms with van der Waals surface area (Å²) in [5.74, 6) is 2.04. The third kappa shape index (κ3) is 2.96. The van der Waals surface area contributed by atoms with Crippen molar-refractivity contribution in [2.75, 3.05) is 30.4 Å². The molecule has 1 aromatic carbocycles. The molecule has 164 valence electrons. The molecule has 4 aromatic rings. The molecule has 1 aliphatic carbocycles. The van der Waals surface area contributed by atoms with E-state index < -0.39 is 0 Å². The van der Waals surface area contributed by atoms with E-state index in [0.717, 1.165) is 46.5 Å². The number of nitrogens with two attached hydrogens (primary N) is 1. The topological polar surface area (TPSA) is 118 Å². The number of aryl methyl sites for hydroxylation is 2. The molecule has 6 rings (SSSR count). The Morgan fingerprint density at radius 3 is 2.66 bits per heavy atom. The van der Waals surface area contributed by atoms with Gasteiger partial charge in [0.1, 0.15) is 17.3 Å². The zero-order chi connectivity index (χ0) is 22.0. The van der Waals surface area contributed by atoms with Crippen LogP contribution in [-0.2, 0) is 0 Å². The molecule has 1 saturated carbocycles. The minimum absolute atomic E-state index is 0.155. The van der Waals surface area contributed by atoms with Crippen LogP contribution in [-0.4, -0.2) is 51.1 Å². The lowest BCUT2D eigenvalue weighted by molar-refractivity contribution is 0.439. The number of H-pyrrole nitrogens is 1. The van der Waals surface area contributed by atoms with Crippen LogP contribution in [0.4, 0.5) is 11.5 Å². The van der Waals surface area contributed by atoms with Gasteiger partial charge in [-0.3, -0.25) is 0 Å². The molecule has 0 unspecified atom stereocenters. The van der Waals surface area contributed by atoms with E-state index in [-0.39, 0.29) is 17.5 Å². The van der Waals surface area contributed by atoms with Crippen molar-refractivity contribution < 1.29 is 4.74 Å². The second-order valence-corrected chi connectivity index (χ2v) is 9.08. The second-order valence-electron chi connectivity index (χ2n) is 9.08. The van der Waals surface area contributed by atoms with Crippen molar-refractivity contribution in [3.63, 3.8) is 0 Å². The molecule has 32 heavy (non-hydrogen) atoms. The average Bonchev–Trinajstić information content (AvgIpc) is 3.36. The number of nitrogens with one attached hydrogen (secondary N) is 2. The predicted octanol–water partition coefficient (Wildman–Crippen LogP) is 3.28. The summed E-state index contributed by atoms with van der Waals surface area (Å²) >= 11 is 0. The summed E-state index contributed by atoms with van der Waals surface area (Å²) in [5, 5.41) is 5.38. The first kappa shape index (κ1) is 19.2. The number of aromatic nitrogens is 5. The molecule has 9 nitrogen and oxygen atoms in total. The van der Waals surface area contributed by atoms with Crippen molar-refractivity contribution in [3.8, 4) is 11.8 Å². The van der Waals surface area contributed by atoms with E-state index in [9.17, 15) is 0 Å². The van der Waals surface area contributed by atoms with Crippen molar-refractivity contribution >= 4 is 33.4 Å². The lowest BCUT2D eigenvalue weighted by Gasteiger charge is -2.19. The van der Waals surface area contributed by atoms with Crippen LogP contribution >= 0.6 is 0 Å². The van der Waals surface area contributed by atoms with Crippen LogP contribution in [0.15, 0.2) is 24.5 Å². The number of rotatable bonds is 4. The number of aromatic amines is 1. The first-order chi connectivity index (χ1) is 15.5. The molecule has 0 amide bonds. The van der Waals surface area contributed by atoms with Crippen molar-refractivity contribution in [2.45, 2.75) is 32.7 Å². The highest BCUT2D eigenvalue weighted by Crippen LogP contribution is 2.53. The summed E-state index contributed by atoms with van der Waals surface area (Å²) < 4.78 is 5.97. The molecule has 0 radical (unpaired) electrons. The number of nitrogens with zero attached hydrogens (tertiary/aromatic N) is 5. The Hall–Kier alpha value is -3.46. The summed E-state index contributed by atoms with van der Waals surface area (Å²) in [6.45, 7) is 5.61. The first-order valence-corrected chi connectivity index (χ1v) is 10.9. The van der Waals surface area contributed by atoms with Crippen LogP contribution in [0.5, 0.6) is 11.8 Å². The van der Waals surface area contributed by atoms with Crippen LogP contribution in [0, 0.1) is 19.3 Å². The zero-order valence-electron chi connectivity index (χ0n) is 18.4. The summed E-state index contributed by atoms with van der Waals surface area (Å²) in [6, 6.07) is 4.72. The fraction of sp³-hybridized carbons (Fsp3) is 0.391. The monoisotopic (exact) mass is 430 g/mol. The Morgan fingerprint density at radius 2 is 1.97 bits per heavy atom. The summed E-state index contributed by atoms with van der Waals surface area (Å²) in [7, 11) is 1.93. The molecule has 1 saturated heterocycles. The zero-order valence-corrected chi connectivity index (χ0v) is 18.4. The normalized spacial score (nSPS) is 19.2. The smallest absolute Gasteiger partial charge is 0.326 e. The molecular weight excluding hydrogens is 404 g/mol. The number of anilines is 2. The number of fused-ring (bicyclic) bond motifs is 3. The van der Waals surface area contributed by atoms with E-state index >= 15 is 0 Å². The molecule has 4 N–H and O–H groups in total. The number of hydrogen-bond donors (Lipinski definition) is 3. The van der Waals surface area contributed by atoms with E-state index in [1.807, 2.05) is 14.0 Å². The van der Waals surface area contributed by atoms with E-state index in [4.69, 9.17) is 20.4 Å². The van der Waals surface area contributed by atoms with Gasteiger partial charge in [0, 0.05) is 37.0 Å². The standard InChI is InChI=1S/C23H26N8O/c1-12-6-15-18-20(28-19(15)16(7-12)25-3)29-22(32-14-8-26-13(2)27-9-14)30-21(18)31-10-17(24)23(11-31)4-5-23/h6-9,17,25H,4-5,10-11,24H2,1-3H3,(H,28,29,30)/t17-/m0/s1. The second kappa shape index (κ2) is 6.77. The highest BCUT2D eigenvalue weighted by molar-refractivity contribution is 6.15. The minimum atomic E-state index is 0.155. The number of benzene rings is 1. The van der Waals surface area contributed by atoms with Crippen LogP contribution in [0.2, 0.25) is 0 Å². The van der Waals surface area contributed by atoms with Gasteiger partial charge in [0.25, 0.3) is 0 Å². The Morgan fingerprint density at radius 1 is 1.19 bits per heavy atom. The third-order valence-corrected chi connectivity index (χ3v) is 6.80. The van der Waals surface area contributed by atoms with Gasteiger partial charge >= 0.3 is 6.01 Å². The van der Waals surface area contributed by atoms with Crippen molar-refractivity contribution in [1.82, 2.24) is 24.9 Å². The Bertz CT molecular complexity index is 1340. The molecule has 0 bridgehead atoms. The molecule has 3 aromatic heterocycles. The third-order valence-electron chi connectivity index (χ3n) is 6.80. The van der Waals surface area contributed by atoms with Crippen LogP contribution in [0.3, 0.4) is 0 Å². The summed E-state index contributed by atoms with van der Waals surface area (Å²) in [5.41, 5.74) is 10.7. The Balaban J connectivity index is 1.54. The van der Waals surface area contributed by atoms with Gasteiger partial charge in [-0.2, -0.15) is 9.97 Å². The maximum absolute atomic E-state index is 6.53. The van der Waals surface area contributed by atoms with Crippen LogP contribution in [0.25, 0.3) is 21.9 Å². The SMILES string of the molecule is CNc1cc(C)cc2c1[nH]c1nc(Oc3cnc(C)nc3)nc(N3C[C@H](N)C4(CC4)C3)c12. The lowest BCUT2D eigenvalue weighted by Crippen LogP contribution is -2.30. The van der Waals surface area contributed by atoms with Gasteiger partial charge in [0.2, 0.25) is 0 Å². The van der Waals surface area contributed by atoms with E-state index in [2.05, 4.69) is 44.2 Å². The van der Waals surface area contributed by atoms with Gasteiger partial charge in [0.15, 0.2) is 5.75 Å². The summed E-state index contributed by atoms with van der Waals surface area (Å²) in [4.78, 5) is 23.8. The van der Waals surface area contributed by atoms with Crippen LogP contribution < -0.4 is 20.7 Å². The number of hydrogen-bond acceptors (Lipinski definition) is 8. The maximum Gasteiger partial charge on any atom is 0.326 e.